The molecule has 0 N–H and O–H groups in total. The van der Waals surface area contributed by atoms with Gasteiger partial charge in [0.15, 0.2) is 0 Å². The van der Waals surface area contributed by atoms with Crippen LogP contribution in [-0.2, 0) is 14.8 Å². The summed E-state index contributed by atoms with van der Waals surface area (Å²) in [4.78, 5) is 2.90. The lowest BCUT2D eigenvalue weighted by molar-refractivity contribution is -0.0526. The number of unbranched alkanes of at least 4 members (excludes halogenated alkanes) is 1. The number of hydrogen-bond donors (Lipinski definition) is 0. The van der Waals surface area contributed by atoms with E-state index in [2.05, 4.69) is 11.0 Å². The summed E-state index contributed by atoms with van der Waals surface area (Å²) in [5.41, 5.74) is 0.393. The molecule has 3 aliphatic heterocycles. The fourth-order valence-electron chi connectivity index (χ4n) is 6.05. The van der Waals surface area contributed by atoms with Gasteiger partial charge < -0.3 is 4.74 Å². The lowest BCUT2D eigenvalue weighted by Gasteiger charge is -2.57. The third-order valence-electron chi connectivity index (χ3n) is 7.29. The van der Waals surface area contributed by atoms with Gasteiger partial charge in [0.1, 0.15) is 0 Å². The van der Waals surface area contributed by atoms with E-state index < -0.39 is 10.0 Å². The number of hydrogen-bond acceptors (Lipinski definition) is 5. The Bertz CT molecular complexity index is 880. The molecule has 0 aliphatic carbocycles. The number of ether oxygens (including phenoxy) is 1. The number of benzene rings is 1. The van der Waals surface area contributed by atoms with Crippen molar-refractivity contribution >= 4 is 10.0 Å². The van der Waals surface area contributed by atoms with E-state index in [0.29, 0.717) is 36.6 Å². The van der Waals surface area contributed by atoms with Gasteiger partial charge in [-0.2, -0.15) is 9.57 Å². The molecule has 0 unspecified atom stereocenters. The zero-order chi connectivity index (χ0) is 21.1. The van der Waals surface area contributed by atoms with Crippen molar-refractivity contribution in [3.8, 4) is 6.07 Å². The largest absolute Gasteiger partial charge is 0.385 e. The summed E-state index contributed by atoms with van der Waals surface area (Å²) in [5.74, 6) is 0.808. The number of nitriles is 1. The van der Waals surface area contributed by atoms with Gasteiger partial charge in [-0.25, -0.2) is 8.42 Å². The Kier molecular flexibility index (Phi) is 6.78. The van der Waals surface area contributed by atoms with Crippen LogP contribution >= 0.6 is 0 Å². The number of rotatable bonds is 7. The SMILES string of the molecule is COCCCC[C@@H]1[C@H]2CCCN3CCC[C@@H](CN1S(=O)(=O)c1cccc(C#N)c1)[C@@H]23. The maximum absolute atomic E-state index is 13.8. The van der Waals surface area contributed by atoms with Crippen molar-refractivity contribution in [3.05, 3.63) is 29.8 Å². The van der Waals surface area contributed by atoms with Crippen LogP contribution in [0, 0.1) is 23.2 Å². The normalized spacial score (nSPS) is 29.9. The van der Waals surface area contributed by atoms with E-state index in [1.165, 1.54) is 6.07 Å². The van der Waals surface area contributed by atoms with Crippen LogP contribution in [0.2, 0.25) is 0 Å². The predicted molar refractivity (Wildman–Crippen MR) is 115 cm³/mol. The lowest BCUT2D eigenvalue weighted by atomic mass is 9.70. The number of nitrogens with zero attached hydrogens (tertiary/aromatic N) is 3. The molecule has 0 saturated carbocycles. The van der Waals surface area contributed by atoms with Crippen LogP contribution in [-0.4, -0.2) is 63.1 Å². The second-order valence-electron chi connectivity index (χ2n) is 9.01. The summed E-state index contributed by atoms with van der Waals surface area (Å²) >= 11 is 0. The highest BCUT2D eigenvalue weighted by molar-refractivity contribution is 7.89. The van der Waals surface area contributed by atoms with Gasteiger partial charge in [0, 0.05) is 32.3 Å². The van der Waals surface area contributed by atoms with E-state index in [1.54, 1.807) is 25.3 Å². The lowest BCUT2D eigenvalue weighted by Crippen LogP contribution is -2.65. The van der Waals surface area contributed by atoms with Crippen molar-refractivity contribution < 1.29 is 13.2 Å². The summed E-state index contributed by atoms with van der Waals surface area (Å²) < 4.78 is 34.6. The Hall–Kier alpha value is -1.46. The van der Waals surface area contributed by atoms with Crippen molar-refractivity contribution in [1.82, 2.24) is 9.21 Å². The molecule has 0 spiro atoms. The van der Waals surface area contributed by atoms with Crippen LogP contribution in [0.3, 0.4) is 0 Å². The van der Waals surface area contributed by atoms with Crippen LogP contribution in [0.1, 0.15) is 50.5 Å². The monoisotopic (exact) mass is 431 g/mol. The maximum atomic E-state index is 13.8. The standard InChI is InChI=1S/C23H33N3O3S/c1-29-14-3-2-11-22-21-10-6-13-25-12-5-8-19(23(21)25)17-26(22)30(27,28)20-9-4-7-18(15-20)16-24/h4,7,9,15,19,21-23H,2-3,5-6,8,10-14,17H2,1H3/t19-,21+,22+,23-/m0/s1. The summed E-state index contributed by atoms with van der Waals surface area (Å²) in [5, 5.41) is 9.25. The Morgan fingerprint density at radius 1 is 1.20 bits per heavy atom. The molecule has 0 bridgehead atoms. The molecule has 7 heteroatoms. The third kappa shape index (κ3) is 4.16. The van der Waals surface area contributed by atoms with E-state index in [0.717, 1.165) is 58.0 Å². The van der Waals surface area contributed by atoms with Crippen molar-refractivity contribution in [2.45, 2.75) is 61.9 Å². The molecule has 1 aromatic carbocycles. The molecule has 3 fully saturated rings. The summed E-state index contributed by atoms with van der Waals surface area (Å²) in [6, 6.07) is 9.13. The quantitative estimate of drug-likeness (QED) is 0.620. The fourth-order valence-corrected chi connectivity index (χ4v) is 7.85. The van der Waals surface area contributed by atoms with Crippen LogP contribution in [0.25, 0.3) is 0 Å². The minimum atomic E-state index is -3.64. The van der Waals surface area contributed by atoms with Gasteiger partial charge in [-0.3, -0.25) is 4.90 Å². The van der Waals surface area contributed by atoms with E-state index in [9.17, 15) is 13.7 Å². The highest BCUT2D eigenvalue weighted by atomic mass is 32.2. The van der Waals surface area contributed by atoms with E-state index in [-0.39, 0.29) is 10.9 Å². The highest BCUT2D eigenvalue weighted by Crippen LogP contribution is 2.45. The van der Waals surface area contributed by atoms with Gasteiger partial charge in [0.25, 0.3) is 0 Å². The topological polar surface area (TPSA) is 73.6 Å². The van der Waals surface area contributed by atoms with Crippen molar-refractivity contribution in [3.63, 3.8) is 0 Å². The Morgan fingerprint density at radius 3 is 2.77 bits per heavy atom. The fraction of sp³-hybridized carbons (Fsp3) is 0.696. The van der Waals surface area contributed by atoms with Crippen LogP contribution in [0.15, 0.2) is 29.2 Å². The smallest absolute Gasteiger partial charge is 0.243 e. The van der Waals surface area contributed by atoms with Gasteiger partial charge >= 0.3 is 0 Å². The molecule has 3 aliphatic rings. The van der Waals surface area contributed by atoms with E-state index in [4.69, 9.17) is 4.74 Å². The Morgan fingerprint density at radius 2 is 2.00 bits per heavy atom. The second kappa shape index (κ2) is 9.35. The van der Waals surface area contributed by atoms with Gasteiger partial charge in [-0.15, -0.1) is 0 Å². The molecule has 0 amide bonds. The van der Waals surface area contributed by atoms with Crippen molar-refractivity contribution in [1.29, 1.82) is 5.26 Å². The van der Waals surface area contributed by atoms with Crippen LogP contribution < -0.4 is 0 Å². The molecule has 0 aromatic heterocycles. The average molecular weight is 432 g/mol. The Balaban J connectivity index is 1.66. The predicted octanol–water partition coefficient (Wildman–Crippen LogP) is 3.24. The molecule has 3 heterocycles. The zero-order valence-corrected chi connectivity index (χ0v) is 18.7. The minimum absolute atomic E-state index is 0.0275. The molecule has 0 radical (unpaired) electrons. The van der Waals surface area contributed by atoms with Gasteiger partial charge in [0.05, 0.1) is 16.5 Å². The molecule has 30 heavy (non-hydrogen) atoms. The number of piperidine rings is 3. The van der Waals surface area contributed by atoms with E-state index >= 15 is 0 Å². The van der Waals surface area contributed by atoms with Crippen LogP contribution in [0.4, 0.5) is 0 Å². The molecule has 4 rings (SSSR count). The molecule has 3 saturated heterocycles. The molecular formula is C23H33N3O3S. The van der Waals surface area contributed by atoms with E-state index in [1.807, 2.05) is 4.31 Å². The molecule has 1 aromatic rings. The highest BCUT2D eigenvalue weighted by Gasteiger charge is 2.51. The first-order valence-corrected chi connectivity index (χ1v) is 12.8. The minimum Gasteiger partial charge on any atom is -0.385 e. The van der Waals surface area contributed by atoms with Gasteiger partial charge in [-0.1, -0.05) is 6.07 Å². The first kappa shape index (κ1) is 21.8. The molecule has 6 nitrogen and oxygen atoms in total. The molecule has 4 atom stereocenters. The average Bonchev–Trinajstić information content (AvgIpc) is 2.78. The van der Waals surface area contributed by atoms with Crippen molar-refractivity contribution in [2.24, 2.45) is 11.8 Å². The Labute approximate surface area is 180 Å². The third-order valence-corrected chi connectivity index (χ3v) is 9.18. The number of sulfonamides is 1. The van der Waals surface area contributed by atoms with Gasteiger partial charge in [-0.05, 0) is 88.1 Å². The van der Waals surface area contributed by atoms with Crippen LogP contribution in [0.5, 0.6) is 0 Å². The van der Waals surface area contributed by atoms with Crippen molar-refractivity contribution in [2.75, 3.05) is 33.4 Å². The first-order chi connectivity index (χ1) is 14.6. The molecular weight excluding hydrogens is 398 g/mol. The molecule has 164 valence electrons. The maximum Gasteiger partial charge on any atom is 0.243 e. The summed E-state index contributed by atoms with van der Waals surface area (Å²) in [7, 11) is -1.93. The zero-order valence-electron chi connectivity index (χ0n) is 17.9. The van der Waals surface area contributed by atoms with Gasteiger partial charge in [0.2, 0.25) is 10.0 Å². The second-order valence-corrected chi connectivity index (χ2v) is 10.9. The summed E-state index contributed by atoms with van der Waals surface area (Å²) in [6.45, 7) is 3.63. The first-order valence-electron chi connectivity index (χ1n) is 11.3. The number of methoxy groups -OCH3 is 1. The summed E-state index contributed by atoms with van der Waals surface area (Å²) in [6.07, 6.45) is 7.33.